The predicted molar refractivity (Wildman–Crippen MR) is 418 cm³/mol. The first kappa shape index (κ1) is 92.7. The molecule has 556 valence electrons. The maximum atomic E-state index is 12.8. The minimum absolute atomic E-state index is 0.0517. The first-order valence-corrected chi connectivity index (χ1v) is 42.4. The minimum Gasteiger partial charge on any atom is -0.462 e. The van der Waals surface area contributed by atoms with Gasteiger partial charge in [-0.25, -0.2) is 4.57 Å². The van der Waals surface area contributed by atoms with Gasteiger partial charge >= 0.3 is 19.8 Å². The number of allylic oxidation sites excluding steroid dienone is 18. The Morgan fingerprint density at radius 2 is 0.573 bits per heavy atom. The minimum atomic E-state index is -4.40. The molecule has 9 nitrogen and oxygen atoms in total. The summed E-state index contributed by atoms with van der Waals surface area (Å²) in [7, 11) is -4.40. The summed E-state index contributed by atoms with van der Waals surface area (Å²) in [5.41, 5.74) is 5.42. The van der Waals surface area contributed by atoms with Crippen LogP contribution in [0.15, 0.2) is 109 Å². The van der Waals surface area contributed by atoms with E-state index in [2.05, 4.69) is 123 Å². The third kappa shape index (κ3) is 79.7. The summed E-state index contributed by atoms with van der Waals surface area (Å²) in [5.74, 6) is -0.814. The van der Waals surface area contributed by atoms with E-state index in [0.717, 1.165) is 96.3 Å². The van der Waals surface area contributed by atoms with E-state index < -0.39 is 26.5 Å². The molecule has 0 radical (unpaired) electrons. The van der Waals surface area contributed by atoms with E-state index in [1.807, 2.05) is 0 Å². The number of phosphoric ester groups is 1. The summed E-state index contributed by atoms with van der Waals surface area (Å²) in [5, 5.41) is 0. The first-order chi connectivity index (χ1) is 47.3. The van der Waals surface area contributed by atoms with Gasteiger partial charge < -0.3 is 20.1 Å². The number of hydrogen-bond donors (Lipinski definition) is 2. The number of carbonyl (C=O) groups is 2. The number of ether oxygens (including phenoxy) is 2. The van der Waals surface area contributed by atoms with Crippen LogP contribution in [0.5, 0.6) is 0 Å². The zero-order valence-corrected chi connectivity index (χ0v) is 63.7. The lowest BCUT2D eigenvalue weighted by molar-refractivity contribution is -0.161. The van der Waals surface area contributed by atoms with E-state index in [-0.39, 0.29) is 38.6 Å². The van der Waals surface area contributed by atoms with Gasteiger partial charge in [0, 0.05) is 19.4 Å². The van der Waals surface area contributed by atoms with Crippen molar-refractivity contribution in [3.63, 3.8) is 0 Å². The predicted octanol–water partition coefficient (Wildman–Crippen LogP) is 27.6. The smallest absolute Gasteiger partial charge is 0.462 e. The number of carbonyl (C=O) groups excluding carboxylic acids is 2. The molecule has 0 aliphatic carbocycles. The van der Waals surface area contributed by atoms with Crippen LogP contribution < -0.4 is 5.73 Å². The Morgan fingerprint density at radius 3 is 0.854 bits per heavy atom. The van der Waals surface area contributed by atoms with Crippen LogP contribution in [-0.2, 0) is 32.7 Å². The molecule has 0 bridgehead atoms. The molecule has 10 heteroatoms. The molecule has 96 heavy (non-hydrogen) atoms. The van der Waals surface area contributed by atoms with Crippen molar-refractivity contribution in [1.29, 1.82) is 0 Å². The lowest BCUT2D eigenvalue weighted by Gasteiger charge is -2.19. The molecule has 0 rings (SSSR count). The third-order valence-electron chi connectivity index (χ3n) is 17.9. The summed E-state index contributed by atoms with van der Waals surface area (Å²) in [6.45, 7) is 3.69. The van der Waals surface area contributed by atoms with Crippen molar-refractivity contribution in [2.75, 3.05) is 26.4 Å². The molecular formula is C86H154NO8P. The lowest BCUT2D eigenvalue weighted by atomic mass is 10.0. The van der Waals surface area contributed by atoms with Crippen molar-refractivity contribution in [2.24, 2.45) is 5.73 Å². The lowest BCUT2D eigenvalue weighted by Crippen LogP contribution is -2.29. The van der Waals surface area contributed by atoms with Crippen LogP contribution in [0, 0.1) is 0 Å². The zero-order chi connectivity index (χ0) is 69.3. The van der Waals surface area contributed by atoms with Gasteiger partial charge in [0.2, 0.25) is 0 Å². The molecule has 0 amide bonds. The van der Waals surface area contributed by atoms with Gasteiger partial charge in [-0.05, 0) is 83.5 Å². The second-order valence-electron chi connectivity index (χ2n) is 27.3. The number of esters is 2. The maximum Gasteiger partial charge on any atom is 0.472 e. The number of phosphoric acid groups is 1. The van der Waals surface area contributed by atoms with Gasteiger partial charge in [0.05, 0.1) is 13.2 Å². The van der Waals surface area contributed by atoms with Gasteiger partial charge in [0.15, 0.2) is 6.10 Å². The van der Waals surface area contributed by atoms with Crippen molar-refractivity contribution in [3.05, 3.63) is 109 Å². The summed E-state index contributed by atoms with van der Waals surface area (Å²) in [4.78, 5) is 35.5. The highest BCUT2D eigenvalue weighted by Crippen LogP contribution is 2.43. The molecule has 0 aromatic carbocycles. The Bertz CT molecular complexity index is 1950. The summed E-state index contributed by atoms with van der Waals surface area (Å²) < 4.78 is 33.3. The number of hydrogen-bond acceptors (Lipinski definition) is 8. The quantitative estimate of drug-likeness (QED) is 0.0264. The Morgan fingerprint density at radius 1 is 0.323 bits per heavy atom. The average molecular weight is 1360 g/mol. The second kappa shape index (κ2) is 80.6. The van der Waals surface area contributed by atoms with Crippen LogP contribution in [0.4, 0.5) is 0 Å². The second-order valence-corrected chi connectivity index (χ2v) is 28.7. The van der Waals surface area contributed by atoms with Gasteiger partial charge in [-0.1, -0.05) is 406 Å². The molecule has 0 saturated carbocycles. The molecular weight excluding hydrogens is 1210 g/mol. The van der Waals surface area contributed by atoms with Crippen molar-refractivity contribution in [3.8, 4) is 0 Å². The molecule has 0 spiro atoms. The fourth-order valence-electron chi connectivity index (χ4n) is 11.9. The third-order valence-corrected chi connectivity index (χ3v) is 18.9. The van der Waals surface area contributed by atoms with E-state index >= 15 is 0 Å². The van der Waals surface area contributed by atoms with Crippen molar-refractivity contribution >= 4 is 19.8 Å². The van der Waals surface area contributed by atoms with Gasteiger partial charge in [0.25, 0.3) is 0 Å². The highest BCUT2D eigenvalue weighted by molar-refractivity contribution is 7.47. The summed E-state index contributed by atoms with van der Waals surface area (Å²) in [6, 6.07) is 0. The maximum absolute atomic E-state index is 12.8. The number of unbranched alkanes of at least 4 members (excludes halogenated alkanes) is 46. The number of rotatable bonds is 77. The van der Waals surface area contributed by atoms with Crippen LogP contribution in [-0.4, -0.2) is 49.3 Å². The number of nitrogens with two attached hydrogens (primary N) is 1. The normalized spacial score (nSPS) is 13.4. The zero-order valence-electron chi connectivity index (χ0n) is 62.8. The van der Waals surface area contributed by atoms with Crippen LogP contribution in [0.3, 0.4) is 0 Å². The van der Waals surface area contributed by atoms with Gasteiger partial charge in [0.1, 0.15) is 6.61 Å². The Balaban J connectivity index is 3.82. The Labute approximate surface area is 594 Å². The molecule has 3 N–H and O–H groups in total. The first-order valence-electron chi connectivity index (χ1n) is 40.9. The van der Waals surface area contributed by atoms with Gasteiger partial charge in [-0.2, -0.15) is 0 Å². The van der Waals surface area contributed by atoms with Gasteiger partial charge in [-0.15, -0.1) is 0 Å². The van der Waals surface area contributed by atoms with Crippen LogP contribution >= 0.6 is 7.82 Å². The van der Waals surface area contributed by atoms with E-state index in [4.69, 9.17) is 24.3 Å². The summed E-state index contributed by atoms with van der Waals surface area (Å²) >= 11 is 0. The topological polar surface area (TPSA) is 134 Å². The Hall–Kier alpha value is -3.33. The highest BCUT2D eigenvalue weighted by atomic mass is 31.2. The SMILES string of the molecule is CC/C=C\C/C=C\C/C=C\C/C=C\C/C=C\C/C=C\C/C=C\C/C=C\C/C=C\CCCCCCCCCCCCCCCC(=O)OC(COC(=O)CCCCCCCCCCCCCCCCCCCCCCCCCCCCCCCCCCCC)COP(=O)(O)OCCN. The van der Waals surface area contributed by atoms with Crippen LogP contribution in [0.2, 0.25) is 0 Å². The van der Waals surface area contributed by atoms with E-state index in [9.17, 15) is 19.0 Å². The molecule has 0 fully saturated rings. The largest absolute Gasteiger partial charge is 0.472 e. The van der Waals surface area contributed by atoms with Crippen molar-refractivity contribution in [2.45, 2.75) is 399 Å². The molecule has 0 aliphatic heterocycles. The van der Waals surface area contributed by atoms with Crippen LogP contribution in [0.1, 0.15) is 393 Å². The fraction of sp³-hybridized carbons (Fsp3) is 0.767. The molecule has 2 atom stereocenters. The monoisotopic (exact) mass is 1360 g/mol. The molecule has 0 aromatic heterocycles. The highest BCUT2D eigenvalue weighted by Gasteiger charge is 2.26. The molecule has 0 aromatic rings. The van der Waals surface area contributed by atoms with Crippen molar-refractivity contribution < 1.29 is 37.6 Å². The standard InChI is InChI=1S/C86H154NO8P/c1-3-5-7-9-11-13-15-17-19-21-23-25-27-29-31-33-35-37-39-40-41-42-43-44-45-47-49-51-53-55-57-59-61-63-65-67-69-71-73-75-77-79-86(89)95-84(83-94-96(90,91)93-81-80-87)82-92-85(88)78-76-74-72-70-68-66-64-62-60-58-56-54-52-50-48-46-38-36-34-32-30-28-26-24-22-20-18-16-14-12-10-8-6-4-2/h5,7,11,13,17,19,23,25,29,31,35,37,40-41,43-44,47,49,84H,3-4,6,8-10,12,14-16,18,20-22,24,26-28,30,32-34,36,38-39,42,45-46,48,50-83,87H2,1-2H3,(H,90,91)/b7-5-,13-11-,19-17-,25-23-,31-29-,37-35-,41-40-,44-43-,49-47-. The van der Waals surface area contributed by atoms with Crippen LogP contribution in [0.25, 0.3) is 0 Å². The van der Waals surface area contributed by atoms with E-state index in [1.165, 1.54) is 263 Å². The average Bonchev–Trinajstić information content (AvgIpc) is 2.32. The Kier molecular flexibility index (Phi) is 77.8. The molecule has 0 saturated heterocycles. The molecule has 0 heterocycles. The van der Waals surface area contributed by atoms with Gasteiger partial charge in [-0.3, -0.25) is 18.6 Å². The molecule has 2 unspecified atom stereocenters. The van der Waals surface area contributed by atoms with E-state index in [0.29, 0.717) is 6.42 Å². The fourth-order valence-corrected chi connectivity index (χ4v) is 12.7. The van der Waals surface area contributed by atoms with E-state index in [1.54, 1.807) is 0 Å². The molecule has 0 aliphatic rings. The summed E-state index contributed by atoms with van der Waals surface area (Å²) in [6.07, 6.45) is 112. The van der Waals surface area contributed by atoms with Crippen molar-refractivity contribution in [1.82, 2.24) is 0 Å².